The molecule has 1 aliphatic carbocycles. The second-order valence-electron chi connectivity index (χ2n) is 9.89. The molecule has 1 unspecified atom stereocenters. The number of nitrogens with zero attached hydrogens (tertiary/aromatic N) is 3. The summed E-state index contributed by atoms with van der Waals surface area (Å²) in [6.45, 7) is 8.13. The van der Waals surface area contributed by atoms with Gasteiger partial charge in [-0.25, -0.2) is 13.2 Å². The number of rotatable bonds is 4. The summed E-state index contributed by atoms with van der Waals surface area (Å²) >= 11 is 0. The monoisotopic (exact) mass is 443 g/mol. The molecule has 3 fully saturated rings. The molecule has 1 saturated carbocycles. The highest BCUT2D eigenvalue weighted by atomic mass is 32.2. The van der Waals surface area contributed by atoms with E-state index < -0.39 is 15.4 Å². The number of ether oxygens (including phenoxy) is 1. The minimum atomic E-state index is -3.04. The van der Waals surface area contributed by atoms with Crippen LogP contribution in [0, 0.1) is 0 Å². The second-order valence-corrected chi connectivity index (χ2v) is 12.1. The lowest BCUT2D eigenvalue weighted by molar-refractivity contribution is -0.138. The summed E-state index contributed by atoms with van der Waals surface area (Å²) in [6.07, 6.45) is 5.56. The van der Waals surface area contributed by atoms with Gasteiger partial charge in [0, 0.05) is 38.3 Å². The minimum absolute atomic E-state index is 0.0368. The zero-order valence-corrected chi connectivity index (χ0v) is 19.5. The maximum absolute atomic E-state index is 13.3. The molecule has 9 heteroatoms. The smallest absolute Gasteiger partial charge is 0.410 e. The van der Waals surface area contributed by atoms with Crippen LogP contribution in [0.3, 0.4) is 0 Å². The van der Waals surface area contributed by atoms with Gasteiger partial charge < -0.3 is 14.5 Å². The number of hydrogen-bond donors (Lipinski definition) is 0. The molecular formula is C21H37N3O5S. The van der Waals surface area contributed by atoms with E-state index in [0.717, 1.165) is 25.7 Å². The van der Waals surface area contributed by atoms with E-state index in [0.29, 0.717) is 32.6 Å². The summed E-state index contributed by atoms with van der Waals surface area (Å²) in [5.41, 5.74) is -0.522. The third-order valence-electron chi connectivity index (χ3n) is 6.24. The molecule has 8 nitrogen and oxygen atoms in total. The largest absolute Gasteiger partial charge is 0.444 e. The first kappa shape index (κ1) is 23.3. The fraction of sp³-hybridized carbons (Fsp3) is 0.905. The second kappa shape index (κ2) is 9.42. The molecule has 2 amide bonds. The molecular weight excluding hydrogens is 406 g/mol. The number of carbonyl (C=O) groups is 2. The van der Waals surface area contributed by atoms with Crippen LogP contribution >= 0.6 is 0 Å². The van der Waals surface area contributed by atoms with Crippen molar-refractivity contribution < 1.29 is 22.7 Å². The van der Waals surface area contributed by atoms with Crippen molar-refractivity contribution in [3.8, 4) is 0 Å². The molecule has 172 valence electrons. The topological polar surface area (TPSA) is 87.2 Å². The van der Waals surface area contributed by atoms with Crippen LogP contribution in [-0.2, 0) is 19.4 Å². The Balaban J connectivity index is 1.57. The van der Waals surface area contributed by atoms with Crippen LogP contribution < -0.4 is 0 Å². The Kier molecular flexibility index (Phi) is 7.32. The van der Waals surface area contributed by atoms with E-state index in [1.165, 1.54) is 6.42 Å². The number of piperazine rings is 1. The fourth-order valence-corrected chi connectivity index (χ4v) is 6.46. The molecule has 0 aromatic carbocycles. The van der Waals surface area contributed by atoms with E-state index in [2.05, 4.69) is 4.90 Å². The lowest BCUT2D eigenvalue weighted by atomic mass is 9.92. The highest BCUT2D eigenvalue weighted by molar-refractivity contribution is 7.91. The van der Waals surface area contributed by atoms with Crippen molar-refractivity contribution in [1.82, 2.24) is 14.7 Å². The zero-order valence-electron chi connectivity index (χ0n) is 18.6. The van der Waals surface area contributed by atoms with Crippen LogP contribution in [0.25, 0.3) is 0 Å². The first-order valence-corrected chi connectivity index (χ1v) is 13.1. The van der Waals surface area contributed by atoms with Gasteiger partial charge >= 0.3 is 6.09 Å². The third-order valence-corrected chi connectivity index (χ3v) is 7.99. The van der Waals surface area contributed by atoms with Crippen molar-refractivity contribution in [2.24, 2.45) is 0 Å². The molecule has 2 heterocycles. The maximum Gasteiger partial charge on any atom is 0.410 e. The maximum atomic E-state index is 13.3. The van der Waals surface area contributed by atoms with Crippen molar-refractivity contribution in [3.63, 3.8) is 0 Å². The first-order valence-electron chi connectivity index (χ1n) is 11.3. The molecule has 2 saturated heterocycles. The van der Waals surface area contributed by atoms with Gasteiger partial charge in [0.05, 0.1) is 18.1 Å². The number of amides is 2. The van der Waals surface area contributed by atoms with Gasteiger partial charge in [-0.3, -0.25) is 9.69 Å². The predicted octanol–water partition coefficient (Wildman–Crippen LogP) is 1.89. The summed E-state index contributed by atoms with van der Waals surface area (Å²) in [4.78, 5) is 31.2. The molecule has 3 aliphatic rings. The van der Waals surface area contributed by atoms with Crippen LogP contribution in [0.4, 0.5) is 4.79 Å². The van der Waals surface area contributed by atoms with Crippen LogP contribution in [0.5, 0.6) is 0 Å². The molecule has 0 aromatic rings. The zero-order chi connectivity index (χ0) is 21.9. The average Bonchev–Trinajstić information content (AvgIpc) is 3.01. The predicted molar refractivity (Wildman–Crippen MR) is 115 cm³/mol. The van der Waals surface area contributed by atoms with Crippen molar-refractivity contribution >= 4 is 21.8 Å². The van der Waals surface area contributed by atoms with E-state index >= 15 is 0 Å². The van der Waals surface area contributed by atoms with Crippen LogP contribution in [0.2, 0.25) is 0 Å². The Morgan fingerprint density at radius 1 is 0.967 bits per heavy atom. The Hall–Kier alpha value is -1.35. The van der Waals surface area contributed by atoms with Crippen LogP contribution in [0.1, 0.15) is 59.3 Å². The molecule has 0 spiro atoms. The molecule has 2 aliphatic heterocycles. The van der Waals surface area contributed by atoms with E-state index in [4.69, 9.17) is 4.74 Å². The van der Waals surface area contributed by atoms with Gasteiger partial charge in [0.25, 0.3) is 0 Å². The fourth-order valence-electron chi connectivity index (χ4n) is 4.75. The number of carbonyl (C=O) groups excluding carboxylic acids is 2. The third kappa shape index (κ3) is 6.33. The Morgan fingerprint density at radius 2 is 1.60 bits per heavy atom. The standard InChI is InChI=1S/C21H37N3O5S/c1-21(2,3)29-20(26)23-12-10-22(11-13-23)15-19(25)24(17-7-5-4-6-8-17)18-9-14-30(27,28)16-18/h17-18H,4-16H2,1-3H3. The summed E-state index contributed by atoms with van der Waals surface area (Å²) in [5.74, 6) is 0.319. The van der Waals surface area contributed by atoms with Crippen LogP contribution in [-0.4, -0.2) is 97.0 Å². The quantitative estimate of drug-likeness (QED) is 0.659. The summed E-state index contributed by atoms with van der Waals surface area (Å²) in [7, 11) is -3.04. The van der Waals surface area contributed by atoms with Crippen molar-refractivity contribution in [2.75, 3.05) is 44.2 Å². The summed E-state index contributed by atoms with van der Waals surface area (Å²) in [6, 6.07) is -0.0266. The van der Waals surface area contributed by atoms with Gasteiger partial charge in [-0.2, -0.15) is 0 Å². The lowest BCUT2D eigenvalue weighted by Crippen LogP contribution is -2.55. The van der Waals surface area contributed by atoms with Crippen molar-refractivity contribution in [1.29, 1.82) is 0 Å². The SMILES string of the molecule is CC(C)(C)OC(=O)N1CCN(CC(=O)N(C2CCCCC2)C2CCS(=O)(=O)C2)CC1. The van der Waals surface area contributed by atoms with Gasteiger partial charge in [-0.15, -0.1) is 0 Å². The van der Waals surface area contributed by atoms with E-state index in [9.17, 15) is 18.0 Å². The Bertz CT molecular complexity index is 719. The normalized spacial score (nSPS) is 25.8. The first-order chi connectivity index (χ1) is 14.0. The van der Waals surface area contributed by atoms with E-state index in [-0.39, 0.29) is 42.1 Å². The van der Waals surface area contributed by atoms with Gasteiger partial charge in [-0.1, -0.05) is 19.3 Å². The Morgan fingerprint density at radius 3 is 2.13 bits per heavy atom. The number of hydrogen-bond acceptors (Lipinski definition) is 6. The van der Waals surface area contributed by atoms with E-state index in [1.807, 2.05) is 25.7 Å². The van der Waals surface area contributed by atoms with Gasteiger partial charge in [0.1, 0.15) is 5.60 Å². The number of sulfone groups is 1. The molecule has 1 atom stereocenters. The summed E-state index contributed by atoms with van der Waals surface area (Å²) < 4.78 is 29.5. The average molecular weight is 444 g/mol. The molecule has 0 N–H and O–H groups in total. The highest BCUT2D eigenvalue weighted by Crippen LogP contribution is 2.28. The summed E-state index contributed by atoms with van der Waals surface area (Å²) in [5, 5.41) is 0. The lowest BCUT2D eigenvalue weighted by Gasteiger charge is -2.40. The highest BCUT2D eigenvalue weighted by Gasteiger charge is 2.39. The van der Waals surface area contributed by atoms with Crippen molar-refractivity contribution in [2.45, 2.75) is 77.0 Å². The van der Waals surface area contributed by atoms with Crippen LogP contribution in [0.15, 0.2) is 0 Å². The molecule has 0 bridgehead atoms. The molecule has 30 heavy (non-hydrogen) atoms. The minimum Gasteiger partial charge on any atom is -0.444 e. The molecule has 3 rings (SSSR count). The molecule has 0 aromatic heterocycles. The molecule has 0 radical (unpaired) electrons. The van der Waals surface area contributed by atoms with Crippen molar-refractivity contribution in [3.05, 3.63) is 0 Å². The van der Waals surface area contributed by atoms with E-state index in [1.54, 1.807) is 4.90 Å². The van der Waals surface area contributed by atoms with Gasteiger partial charge in [0.2, 0.25) is 5.91 Å². The van der Waals surface area contributed by atoms with Gasteiger partial charge in [-0.05, 0) is 40.0 Å². The van der Waals surface area contributed by atoms with Gasteiger partial charge in [0.15, 0.2) is 9.84 Å². The Labute approximate surface area is 180 Å².